The molecule has 0 bridgehead atoms. The van der Waals surface area contributed by atoms with Gasteiger partial charge in [0.15, 0.2) is 17.9 Å². The van der Waals surface area contributed by atoms with E-state index in [4.69, 9.17) is 4.74 Å². The highest BCUT2D eigenvalue weighted by atomic mass is 16.5. The standard InChI is InChI=1S/C35H41N9O4/c1-35(2)16-22-15-28-34(47)44(13-12-43(28)29(22)17-35)32-26(19-45)25(6-7-36-32)23-14-27(33(46)40(3)18-23)37-30-4-5-31(39-38-30)42-10-8-41(9-11-42)24-20-48-21-24/h4-7,12-15,18,24,33,45-46H,8-11,16-17,19-21H2,1-3H3,(H,37,38). The highest BCUT2D eigenvalue weighted by molar-refractivity contribution is 5.79. The van der Waals surface area contributed by atoms with Gasteiger partial charge in [-0.25, -0.2) is 4.98 Å². The maximum atomic E-state index is 13.8. The van der Waals surface area contributed by atoms with Crippen molar-refractivity contribution >= 4 is 22.7 Å². The van der Waals surface area contributed by atoms with Gasteiger partial charge in [-0.3, -0.25) is 14.3 Å². The van der Waals surface area contributed by atoms with Crippen LogP contribution in [0.5, 0.6) is 0 Å². The third-order valence-corrected chi connectivity index (χ3v) is 10.1. The molecule has 2 saturated heterocycles. The van der Waals surface area contributed by atoms with E-state index in [2.05, 4.69) is 44.1 Å². The molecule has 1 unspecified atom stereocenters. The zero-order valence-corrected chi connectivity index (χ0v) is 27.5. The molecule has 0 aromatic carbocycles. The zero-order valence-electron chi connectivity index (χ0n) is 27.5. The first-order valence-corrected chi connectivity index (χ1v) is 16.5. The van der Waals surface area contributed by atoms with E-state index in [-0.39, 0.29) is 17.6 Å². The van der Waals surface area contributed by atoms with Gasteiger partial charge in [-0.1, -0.05) is 13.8 Å². The molecule has 48 heavy (non-hydrogen) atoms. The van der Waals surface area contributed by atoms with Crippen molar-refractivity contribution in [3.8, 4) is 5.82 Å². The SMILES string of the molecule is CN1C=C(c2ccnc(-n3ccn4c5c(cc4c3=O)CC(C)(C)C5)c2CO)C=C(Nc2ccc(N3CCN(C4COC4)CC3)nn2)C1O. The number of ether oxygens (including phenoxy) is 1. The van der Waals surface area contributed by atoms with Crippen LogP contribution in [0.3, 0.4) is 0 Å². The van der Waals surface area contributed by atoms with Crippen molar-refractivity contribution in [1.29, 1.82) is 0 Å². The number of likely N-dealkylation sites (N-methyl/N-ethyl adjacent to an activating group) is 1. The number of aromatic nitrogens is 5. The van der Waals surface area contributed by atoms with E-state index >= 15 is 0 Å². The fourth-order valence-electron chi connectivity index (χ4n) is 7.44. The maximum Gasteiger partial charge on any atom is 0.280 e. The Bertz CT molecular complexity index is 1990. The molecular weight excluding hydrogens is 610 g/mol. The van der Waals surface area contributed by atoms with Crippen LogP contribution >= 0.6 is 0 Å². The molecule has 1 aliphatic carbocycles. The second-order valence-electron chi connectivity index (χ2n) is 14.0. The number of aliphatic hydroxyl groups is 2. The second kappa shape index (κ2) is 11.8. The van der Waals surface area contributed by atoms with E-state index in [1.165, 1.54) is 15.8 Å². The number of piperazine rings is 1. The van der Waals surface area contributed by atoms with Crippen molar-refractivity contribution in [2.45, 2.75) is 45.6 Å². The van der Waals surface area contributed by atoms with Gasteiger partial charge >= 0.3 is 0 Å². The fourth-order valence-corrected chi connectivity index (χ4v) is 7.44. The van der Waals surface area contributed by atoms with Crippen LogP contribution in [0.25, 0.3) is 16.9 Å². The van der Waals surface area contributed by atoms with Crippen LogP contribution in [0, 0.1) is 5.41 Å². The number of nitrogens with one attached hydrogen (secondary N) is 1. The summed E-state index contributed by atoms with van der Waals surface area (Å²) in [6.07, 6.45) is 9.80. The molecule has 0 saturated carbocycles. The van der Waals surface area contributed by atoms with Crippen molar-refractivity contribution in [2.75, 3.05) is 56.7 Å². The molecule has 1 atom stereocenters. The molecule has 8 rings (SSSR count). The summed E-state index contributed by atoms with van der Waals surface area (Å²) >= 11 is 0. The molecule has 4 aromatic heterocycles. The van der Waals surface area contributed by atoms with Gasteiger partial charge in [0.2, 0.25) is 0 Å². The average molecular weight is 652 g/mol. The minimum atomic E-state index is -0.955. The summed E-state index contributed by atoms with van der Waals surface area (Å²) in [6, 6.07) is 8.15. The Kier molecular flexibility index (Phi) is 7.59. The molecule has 2 fully saturated rings. The third kappa shape index (κ3) is 5.36. The quantitative estimate of drug-likeness (QED) is 0.271. The number of fused-ring (bicyclic) bond motifs is 3. The monoisotopic (exact) mass is 651 g/mol. The van der Waals surface area contributed by atoms with Crippen LogP contribution in [0.1, 0.15) is 36.2 Å². The van der Waals surface area contributed by atoms with E-state index in [0.717, 1.165) is 63.6 Å². The Balaban J connectivity index is 1.05. The summed E-state index contributed by atoms with van der Waals surface area (Å²) in [5.74, 6) is 1.69. The van der Waals surface area contributed by atoms with Crippen molar-refractivity contribution in [1.82, 2.24) is 33.9 Å². The third-order valence-electron chi connectivity index (χ3n) is 10.1. The lowest BCUT2D eigenvalue weighted by atomic mass is 9.90. The van der Waals surface area contributed by atoms with Crippen molar-refractivity contribution in [3.05, 3.63) is 93.6 Å². The topological polar surface area (TPSA) is 137 Å². The fraction of sp³-hybridized carbons (Fsp3) is 0.429. The molecule has 0 radical (unpaired) electrons. The normalized spacial score (nSPS) is 21.2. The highest BCUT2D eigenvalue weighted by Gasteiger charge is 2.32. The summed E-state index contributed by atoms with van der Waals surface area (Å²) in [6.45, 7) is 9.50. The summed E-state index contributed by atoms with van der Waals surface area (Å²) < 4.78 is 8.85. The van der Waals surface area contributed by atoms with Crippen LogP contribution in [-0.4, -0.2) is 103 Å². The minimum absolute atomic E-state index is 0.174. The van der Waals surface area contributed by atoms with Crippen molar-refractivity contribution < 1.29 is 14.9 Å². The average Bonchev–Trinajstić information content (AvgIpc) is 3.55. The van der Waals surface area contributed by atoms with Gasteiger partial charge in [-0.05, 0) is 59.7 Å². The number of allylic oxidation sites excluding steroid dienone is 2. The summed E-state index contributed by atoms with van der Waals surface area (Å²) in [7, 11) is 1.77. The Hall–Kier alpha value is -4.56. The van der Waals surface area contributed by atoms with Gasteiger partial charge in [0.05, 0.1) is 31.6 Å². The minimum Gasteiger partial charge on any atom is -0.392 e. The molecule has 7 heterocycles. The number of aliphatic hydroxyl groups excluding tert-OH is 2. The van der Waals surface area contributed by atoms with Gasteiger partial charge in [-0.15, -0.1) is 10.2 Å². The molecule has 13 heteroatoms. The zero-order chi connectivity index (χ0) is 33.2. The maximum absolute atomic E-state index is 13.8. The van der Waals surface area contributed by atoms with E-state index in [1.54, 1.807) is 24.3 Å². The smallest absolute Gasteiger partial charge is 0.280 e. The van der Waals surface area contributed by atoms with Gasteiger partial charge in [0.25, 0.3) is 5.56 Å². The van der Waals surface area contributed by atoms with Gasteiger partial charge in [0.1, 0.15) is 11.3 Å². The van der Waals surface area contributed by atoms with Crippen LogP contribution < -0.4 is 15.8 Å². The van der Waals surface area contributed by atoms with E-state index in [1.807, 2.05) is 47.1 Å². The summed E-state index contributed by atoms with van der Waals surface area (Å²) in [5.41, 5.74) is 5.40. The Labute approximate surface area is 278 Å². The Morgan fingerprint density at radius 2 is 1.88 bits per heavy atom. The van der Waals surface area contributed by atoms with Crippen LogP contribution in [0.2, 0.25) is 0 Å². The predicted octanol–water partition coefficient (Wildman–Crippen LogP) is 2.01. The van der Waals surface area contributed by atoms with E-state index in [0.29, 0.717) is 40.0 Å². The first kappa shape index (κ1) is 30.8. The highest BCUT2D eigenvalue weighted by Crippen LogP contribution is 2.37. The Morgan fingerprint density at radius 1 is 1.06 bits per heavy atom. The van der Waals surface area contributed by atoms with Crippen molar-refractivity contribution in [2.24, 2.45) is 5.41 Å². The molecule has 13 nitrogen and oxygen atoms in total. The number of hydrogen-bond donors (Lipinski definition) is 3. The molecule has 0 amide bonds. The Morgan fingerprint density at radius 3 is 2.58 bits per heavy atom. The number of nitrogens with zero attached hydrogens (tertiary/aromatic N) is 8. The lowest BCUT2D eigenvalue weighted by Crippen LogP contribution is -2.56. The van der Waals surface area contributed by atoms with Gasteiger partial charge in [0, 0.05) is 74.8 Å². The van der Waals surface area contributed by atoms with Crippen LogP contribution in [0.4, 0.5) is 11.6 Å². The first-order chi connectivity index (χ1) is 23.2. The number of pyridine rings is 1. The second-order valence-corrected chi connectivity index (χ2v) is 14.0. The molecule has 4 aromatic rings. The number of rotatable bonds is 7. The van der Waals surface area contributed by atoms with Crippen LogP contribution in [0.15, 0.2) is 65.6 Å². The molecule has 3 aliphatic heterocycles. The van der Waals surface area contributed by atoms with E-state index in [9.17, 15) is 15.0 Å². The number of anilines is 2. The largest absolute Gasteiger partial charge is 0.392 e. The summed E-state index contributed by atoms with van der Waals surface area (Å²) in [4.78, 5) is 24.7. The molecule has 0 spiro atoms. The van der Waals surface area contributed by atoms with Crippen molar-refractivity contribution in [3.63, 3.8) is 0 Å². The number of hydrogen-bond acceptors (Lipinski definition) is 11. The van der Waals surface area contributed by atoms with E-state index < -0.39 is 6.23 Å². The first-order valence-electron chi connectivity index (χ1n) is 16.5. The van der Waals surface area contributed by atoms with Gasteiger partial charge in [-0.2, -0.15) is 0 Å². The molecule has 4 aliphatic rings. The molecule has 250 valence electrons. The predicted molar refractivity (Wildman–Crippen MR) is 182 cm³/mol. The van der Waals surface area contributed by atoms with Gasteiger partial charge < -0.3 is 34.5 Å². The molecule has 3 N–H and O–H groups in total. The lowest BCUT2D eigenvalue weighted by molar-refractivity contribution is -0.0661. The summed E-state index contributed by atoms with van der Waals surface area (Å²) in [5, 5.41) is 33.8. The lowest BCUT2D eigenvalue weighted by Gasteiger charge is -2.42. The van der Waals surface area contributed by atoms with Crippen LogP contribution in [-0.2, 0) is 24.2 Å². The molecular formula is C35H41N9O4.